The molecule has 1 atom stereocenters. The molecule has 22 heavy (non-hydrogen) atoms. The molecular weight excluding hydrogens is 294 g/mol. The van der Waals surface area contributed by atoms with Gasteiger partial charge in [0.05, 0.1) is 10.9 Å². The fraction of sp³-hybridized carbons (Fsp3) is 0.333. The third kappa shape index (κ3) is 2.02. The van der Waals surface area contributed by atoms with Crippen LogP contribution in [0.25, 0.3) is 0 Å². The predicted octanol–water partition coefficient (Wildman–Crippen LogP) is 3.23. The number of rotatable bonds is 2. The second-order valence-electron chi connectivity index (χ2n) is 6.23. The lowest BCUT2D eigenvalue weighted by molar-refractivity contribution is 0.308. The Kier molecular flexibility index (Phi) is 3.13. The largest absolute Gasteiger partial charge is 0.243 e. The highest BCUT2D eigenvalue weighted by molar-refractivity contribution is 7.89. The maximum atomic E-state index is 13.1. The van der Waals surface area contributed by atoms with E-state index in [-0.39, 0.29) is 6.04 Å². The van der Waals surface area contributed by atoms with Crippen molar-refractivity contribution in [2.24, 2.45) is 0 Å². The molecule has 1 aliphatic heterocycles. The number of benzene rings is 2. The summed E-state index contributed by atoms with van der Waals surface area (Å²) in [5.41, 5.74) is 4.90. The lowest BCUT2D eigenvalue weighted by Gasteiger charge is -2.34. The number of sulfonamides is 1. The molecule has 0 aromatic heterocycles. The first-order valence-corrected chi connectivity index (χ1v) is 9.20. The molecule has 0 amide bonds. The molecule has 2 aromatic rings. The number of aryl methyl sites for hydroxylation is 2. The maximum Gasteiger partial charge on any atom is 0.243 e. The average Bonchev–Trinajstić information content (AvgIpc) is 2.93. The van der Waals surface area contributed by atoms with Crippen molar-refractivity contribution in [3.63, 3.8) is 0 Å². The second kappa shape index (κ2) is 4.93. The van der Waals surface area contributed by atoms with E-state index in [1.54, 1.807) is 16.4 Å². The molecule has 0 saturated carbocycles. The van der Waals surface area contributed by atoms with E-state index in [9.17, 15) is 8.42 Å². The molecule has 0 bridgehead atoms. The molecule has 0 fully saturated rings. The van der Waals surface area contributed by atoms with Gasteiger partial charge in [0.15, 0.2) is 0 Å². The van der Waals surface area contributed by atoms with Crippen molar-refractivity contribution in [3.8, 4) is 0 Å². The molecule has 1 heterocycles. The monoisotopic (exact) mass is 313 g/mol. The third-order valence-electron chi connectivity index (χ3n) is 4.85. The molecule has 0 N–H and O–H groups in total. The number of hydrogen-bond donors (Lipinski definition) is 0. The minimum atomic E-state index is -3.42. The van der Waals surface area contributed by atoms with E-state index in [2.05, 4.69) is 18.2 Å². The Bertz CT molecular complexity index is 842. The molecule has 0 radical (unpaired) electrons. The van der Waals surface area contributed by atoms with Gasteiger partial charge in [-0.15, -0.1) is 0 Å². The number of hydrogen-bond acceptors (Lipinski definition) is 2. The molecule has 0 saturated heterocycles. The topological polar surface area (TPSA) is 37.4 Å². The molecular formula is C18H19NO2S. The van der Waals surface area contributed by atoms with Crippen molar-refractivity contribution < 1.29 is 8.42 Å². The van der Waals surface area contributed by atoms with E-state index >= 15 is 0 Å². The van der Waals surface area contributed by atoms with Crippen LogP contribution in [0, 0.1) is 6.92 Å². The highest BCUT2D eigenvalue weighted by Crippen LogP contribution is 2.43. The zero-order chi connectivity index (χ0) is 15.3. The summed E-state index contributed by atoms with van der Waals surface area (Å²) in [6.45, 7) is 2.51. The zero-order valence-corrected chi connectivity index (χ0v) is 13.4. The van der Waals surface area contributed by atoms with Crippen molar-refractivity contribution >= 4 is 10.0 Å². The van der Waals surface area contributed by atoms with Crippen LogP contribution in [0.1, 0.15) is 34.7 Å². The van der Waals surface area contributed by atoms with Gasteiger partial charge in [0.2, 0.25) is 10.0 Å². The van der Waals surface area contributed by atoms with Crippen LogP contribution in [0.3, 0.4) is 0 Å². The van der Waals surface area contributed by atoms with Crippen LogP contribution in [0.5, 0.6) is 0 Å². The van der Waals surface area contributed by atoms with Crippen molar-refractivity contribution in [2.75, 3.05) is 6.54 Å². The van der Waals surface area contributed by atoms with Crippen LogP contribution in [0.15, 0.2) is 47.4 Å². The van der Waals surface area contributed by atoms with Gasteiger partial charge >= 0.3 is 0 Å². The van der Waals surface area contributed by atoms with E-state index in [0.29, 0.717) is 11.4 Å². The van der Waals surface area contributed by atoms with Crippen LogP contribution in [-0.4, -0.2) is 19.3 Å². The van der Waals surface area contributed by atoms with Crippen LogP contribution < -0.4 is 0 Å². The summed E-state index contributed by atoms with van der Waals surface area (Å²) in [4.78, 5) is 0.417. The molecule has 0 spiro atoms. The number of nitrogens with zero attached hydrogens (tertiary/aromatic N) is 1. The van der Waals surface area contributed by atoms with E-state index in [1.807, 2.05) is 19.1 Å². The summed E-state index contributed by atoms with van der Waals surface area (Å²) in [5, 5.41) is 0. The van der Waals surface area contributed by atoms with Gasteiger partial charge in [0.1, 0.15) is 0 Å². The average molecular weight is 313 g/mol. The molecule has 3 nitrogen and oxygen atoms in total. The summed E-state index contributed by atoms with van der Waals surface area (Å²) in [5.74, 6) is 0. The summed E-state index contributed by atoms with van der Waals surface area (Å²) < 4.78 is 27.9. The Hall–Kier alpha value is -1.65. The lowest BCUT2D eigenvalue weighted by Crippen LogP contribution is -2.39. The fourth-order valence-corrected chi connectivity index (χ4v) is 5.57. The van der Waals surface area contributed by atoms with Gasteiger partial charge in [-0.3, -0.25) is 0 Å². The molecule has 1 unspecified atom stereocenters. The molecule has 4 heteroatoms. The molecule has 114 valence electrons. The van der Waals surface area contributed by atoms with E-state index < -0.39 is 10.0 Å². The first kappa shape index (κ1) is 14.0. The van der Waals surface area contributed by atoms with Crippen molar-refractivity contribution in [1.82, 2.24) is 4.31 Å². The molecule has 2 aliphatic rings. The van der Waals surface area contributed by atoms with Gasteiger partial charge in [0.25, 0.3) is 0 Å². The quantitative estimate of drug-likeness (QED) is 0.853. The van der Waals surface area contributed by atoms with Gasteiger partial charge in [-0.05, 0) is 60.6 Å². The Morgan fingerprint density at radius 2 is 1.77 bits per heavy atom. The van der Waals surface area contributed by atoms with Crippen molar-refractivity contribution in [3.05, 3.63) is 64.7 Å². The Balaban J connectivity index is 1.79. The van der Waals surface area contributed by atoms with Crippen LogP contribution in [0.2, 0.25) is 0 Å². The highest BCUT2D eigenvalue weighted by Gasteiger charge is 2.39. The van der Waals surface area contributed by atoms with Crippen molar-refractivity contribution in [1.29, 1.82) is 0 Å². The lowest BCUT2D eigenvalue weighted by atomic mass is 9.95. The van der Waals surface area contributed by atoms with Crippen LogP contribution in [-0.2, 0) is 22.9 Å². The van der Waals surface area contributed by atoms with E-state index in [1.165, 1.54) is 16.7 Å². The molecule has 2 aromatic carbocycles. The van der Waals surface area contributed by atoms with Crippen molar-refractivity contribution in [2.45, 2.75) is 37.1 Å². The minimum absolute atomic E-state index is 0.0189. The summed E-state index contributed by atoms with van der Waals surface area (Å²) in [6.07, 6.45) is 2.69. The maximum absolute atomic E-state index is 13.1. The van der Waals surface area contributed by atoms with Crippen LogP contribution >= 0.6 is 0 Å². The van der Waals surface area contributed by atoms with Crippen LogP contribution in [0.4, 0.5) is 0 Å². The Morgan fingerprint density at radius 1 is 1.05 bits per heavy atom. The molecule has 4 rings (SSSR count). The zero-order valence-electron chi connectivity index (χ0n) is 12.6. The van der Waals surface area contributed by atoms with Gasteiger partial charge in [-0.2, -0.15) is 4.31 Å². The second-order valence-corrected chi connectivity index (χ2v) is 8.12. The smallest absolute Gasteiger partial charge is 0.207 e. The van der Waals surface area contributed by atoms with Gasteiger partial charge in [-0.25, -0.2) is 8.42 Å². The first-order chi connectivity index (χ1) is 10.6. The van der Waals surface area contributed by atoms with Gasteiger partial charge in [0, 0.05) is 6.54 Å². The summed E-state index contributed by atoms with van der Waals surface area (Å²) in [7, 11) is -3.42. The Morgan fingerprint density at radius 3 is 2.55 bits per heavy atom. The fourth-order valence-electron chi connectivity index (χ4n) is 3.84. The highest BCUT2D eigenvalue weighted by atomic mass is 32.2. The normalized spacial score (nSPS) is 20.9. The van der Waals surface area contributed by atoms with Gasteiger partial charge in [-0.1, -0.05) is 30.3 Å². The first-order valence-electron chi connectivity index (χ1n) is 7.76. The SMILES string of the molecule is Cc1cccc(S(=O)(=O)N2CCc3cccc4c3C2CC4)c1. The van der Waals surface area contributed by atoms with E-state index in [4.69, 9.17) is 0 Å². The third-order valence-corrected chi connectivity index (χ3v) is 6.76. The standard InChI is InChI=1S/C18H19NO2S/c1-13-4-2-7-16(12-13)22(20,21)19-11-10-15-6-3-5-14-8-9-17(19)18(14)15/h2-7,12,17H,8-11H2,1H3. The Labute approximate surface area is 131 Å². The van der Waals surface area contributed by atoms with Gasteiger partial charge < -0.3 is 0 Å². The molecule has 1 aliphatic carbocycles. The predicted molar refractivity (Wildman–Crippen MR) is 86.3 cm³/mol. The van der Waals surface area contributed by atoms with E-state index in [0.717, 1.165) is 24.8 Å². The summed E-state index contributed by atoms with van der Waals surface area (Å²) in [6, 6.07) is 13.6. The minimum Gasteiger partial charge on any atom is -0.207 e. The summed E-state index contributed by atoms with van der Waals surface area (Å²) >= 11 is 0.